The van der Waals surface area contributed by atoms with Gasteiger partial charge in [0, 0.05) is 17.2 Å². The molecule has 0 saturated heterocycles. The summed E-state index contributed by atoms with van der Waals surface area (Å²) in [5.74, 6) is 0.941. The molecule has 0 atom stereocenters. The molecular weight excluding hydrogens is 485 g/mol. The fraction of sp³-hybridized carbons (Fsp3) is 0.500. The lowest BCUT2D eigenvalue weighted by Gasteiger charge is -2.39. The Kier molecular flexibility index (Phi) is 6.14. The summed E-state index contributed by atoms with van der Waals surface area (Å²) in [5, 5.41) is 0.00628. The maximum absolute atomic E-state index is 12.9. The van der Waals surface area contributed by atoms with Crippen molar-refractivity contribution in [3.8, 4) is 28.4 Å². The third-order valence-corrected chi connectivity index (χ3v) is 11.9. The molecule has 0 fully saturated rings. The van der Waals surface area contributed by atoms with E-state index < -0.39 is 29.5 Å². The number of alkyl halides is 3. The highest BCUT2D eigenvalue weighted by Gasteiger charge is 2.49. The summed E-state index contributed by atoms with van der Waals surface area (Å²) in [6, 6.07) is 6.74. The van der Waals surface area contributed by atoms with Gasteiger partial charge in [-0.05, 0) is 80.7 Å². The lowest BCUT2D eigenvalue weighted by atomic mass is 9.84. The van der Waals surface area contributed by atoms with E-state index in [0.29, 0.717) is 11.3 Å². The summed E-state index contributed by atoms with van der Waals surface area (Å²) in [6.45, 7) is 17.8. The van der Waals surface area contributed by atoms with Gasteiger partial charge in [-0.3, -0.25) is 0 Å². The van der Waals surface area contributed by atoms with Crippen molar-refractivity contribution in [2.24, 2.45) is 0 Å². The average Bonchev–Trinajstić information content (AvgIpc) is 2.62. The summed E-state index contributed by atoms with van der Waals surface area (Å²) in [7, 11) is -7.90. The number of fused-ring (bicyclic) bond motifs is 3. The number of hydrogen-bond acceptors (Lipinski definition) is 5. The van der Waals surface area contributed by atoms with Gasteiger partial charge in [0.25, 0.3) is 0 Å². The zero-order chi connectivity index (χ0) is 26.1. The highest BCUT2D eigenvalue weighted by Crippen LogP contribution is 2.50. The number of hydrogen-bond donors (Lipinski definition) is 0. The fourth-order valence-corrected chi connectivity index (χ4v) is 5.08. The molecule has 0 radical (unpaired) electrons. The predicted octanol–water partition coefficient (Wildman–Crippen LogP) is 7.21. The van der Waals surface area contributed by atoms with Crippen LogP contribution in [0, 0.1) is 13.8 Å². The average molecular weight is 517 g/mol. The molecule has 188 valence electrons. The molecular formula is C24H31F3O5SSi. The molecule has 1 aliphatic heterocycles. The van der Waals surface area contributed by atoms with Crippen molar-refractivity contribution in [3.05, 3.63) is 41.0 Å². The van der Waals surface area contributed by atoms with Crippen molar-refractivity contribution in [1.29, 1.82) is 0 Å². The molecule has 3 rings (SSSR count). The van der Waals surface area contributed by atoms with Crippen LogP contribution in [0.4, 0.5) is 13.2 Å². The third-order valence-electron chi connectivity index (χ3n) is 6.55. The monoisotopic (exact) mass is 516 g/mol. The Labute approximate surface area is 200 Å². The van der Waals surface area contributed by atoms with Gasteiger partial charge in [-0.1, -0.05) is 20.8 Å². The zero-order valence-electron chi connectivity index (χ0n) is 20.9. The van der Waals surface area contributed by atoms with E-state index in [0.717, 1.165) is 22.4 Å². The minimum Gasteiger partial charge on any atom is -0.543 e. The van der Waals surface area contributed by atoms with Gasteiger partial charge in [0.2, 0.25) is 8.32 Å². The molecule has 10 heteroatoms. The number of aryl methyl sites for hydroxylation is 2. The quantitative estimate of drug-likeness (QED) is 0.244. The molecule has 0 amide bonds. The normalized spacial score (nSPS) is 15.8. The van der Waals surface area contributed by atoms with Crippen molar-refractivity contribution in [2.45, 2.75) is 77.7 Å². The van der Waals surface area contributed by atoms with E-state index in [4.69, 9.17) is 9.16 Å². The van der Waals surface area contributed by atoms with Gasteiger partial charge in [0.1, 0.15) is 22.8 Å². The number of rotatable bonds is 4. The molecule has 0 unspecified atom stereocenters. The van der Waals surface area contributed by atoms with Crippen LogP contribution in [0.1, 0.15) is 51.3 Å². The third kappa shape index (κ3) is 4.66. The van der Waals surface area contributed by atoms with E-state index in [9.17, 15) is 21.6 Å². The molecule has 0 aromatic heterocycles. The first kappa shape index (κ1) is 26.4. The second-order valence-corrected chi connectivity index (χ2v) is 17.0. The Bertz CT molecular complexity index is 1240. The van der Waals surface area contributed by atoms with Gasteiger partial charge in [-0.2, -0.15) is 21.6 Å². The van der Waals surface area contributed by atoms with Crippen molar-refractivity contribution < 1.29 is 34.9 Å². The second-order valence-electron chi connectivity index (χ2n) is 10.7. The number of benzene rings is 2. The van der Waals surface area contributed by atoms with Crippen LogP contribution in [0.15, 0.2) is 24.3 Å². The minimum absolute atomic E-state index is 0.00628. The summed E-state index contributed by atoms with van der Waals surface area (Å²) in [4.78, 5) is 0. The van der Waals surface area contributed by atoms with Crippen LogP contribution in [0.25, 0.3) is 11.1 Å². The molecule has 34 heavy (non-hydrogen) atoms. The molecule has 0 aliphatic carbocycles. The predicted molar refractivity (Wildman–Crippen MR) is 128 cm³/mol. The topological polar surface area (TPSA) is 61.8 Å². The van der Waals surface area contributed by atoms with E-state index in [1.54, 1.807) is 19.9 Å². The van der Waals surface area contributed by atoms with Gasteiger partial charge in [0.15, 0.2) is 0 Å². The van der Waals surface area contributed by atoms with Crippen molar-refractivity contribution in [2.75, 3.05) is 0 Å². The van der Waals surface area contributed by atoms with Crippen LogP contribution in [-0.2, 0) is 15.7 Å². The Morgan fingerprint density at radius 3 is 1.97 bits per heavy atom. The first-order chi connectivity index (χ1) is 15.2. The van der Waals surface area contributed by atoms with Gasteiger partial charge >= 0.3 is 15.6 Å². The Balaban J connectivity index is 2.13. The smallest absolute Gasteiger partial charge is 0.534 e. The lowest BCUT2D eigenvalue weighted by Crippen LogP contribution is -2.44. The first-order valence-corrected chi connectivity index (χ1v) is 15.2. The molecule has 5 nitrogen and oxygen atoms in total. The van der Waals surface area contributed by atoms with Crippen LogP contribution in [-0.4, -0.2) is 22.2 Å². The van der Waals surface area contributed by atoms with Crippen LogP contribution in [0.3, 0.4) is 0 Å². The largest absolute Gasteiger partial charge is 0.543 e. The molecule has 0 bridgehead atoms. The van der Waals surface area contributed by atoms with Crippen LogP contribution in [0.5, 0.6) is 17.2 Å². The summed E-state index contributed by atoms with van der Waals surface area (Å²) in [5.41, 5.74) is -3.31. The van der Waals surface area contributed by atoms with Gasteiger partial charge in [-0.15, -0.1) is 0 Å². The number of ether oxygens (including phenoxy) is 1. The molecule has 1 heterocycles. The van der Waals surface area contributed by atoms with Crippen LogP contribution < -0.4 is 13.3 Å². The zero-order valence-corrected chi connectivity index (χ0v) is 22.7. The first-order valence-electron chi connectivity index (χ1n) is 10.9. The Hall–Kier alpha value is -2.20. The molecule has 0 N–H and O–H groups in total. The van der Waals surface area contributed by atoms with Gasteiger partial charge in [-0.25, -0.2) is 0 Å². The maximum atomic E-state index is 12.9. The summed E-state index contributed by atoms with van der Waals surface area (Å²) in [6.07, 6.45) is 0. The fourth-order valence-electron chi connectivity index (χ4n) is 3.50. The van der Waals surface area contributed by atoms with Crippen LogP contribution >= 0.6 is 0 Å². The summed E-state index contributed by atoms with van der Waals surface area (Å²) >= 11 is 0. The van der Waals surface area contributed by atoms with Crippen molar-refractivity contribution in [3.63, 3.8) is 0 Å². The molecule has 2 aromatic rings. The van der Waals surface area contributed by atoms with E-state index in [1.807, 2.05) is 19.1 Å². The van der Waals surface area contributed by atoms with E-state index >= 15 is 0 Å². The van der Waals surface area contributed by atoms with Gasteiger partial charge < -0.3 is 13.3 Å². The Morgan fingerprint density at radius 2 is 1.44 bits per heavy atom. The van der Waals surface area contributed by atoms with E-state index in [2.05, 4.69) is 38.0 Å². The SMILES string of the molecule is Cc1cc2c(cc1O[Si](C)(C)C(C)(C)C)OC(C)(C)c1cc(OS(=O)(=O)C(F)(F)F)c(C)cc1-2. The van der Waals surface area contributed by atoms with E-state index in [-0.39, 0.29) is 16.4 Å². The van der Waals surface area contributed by atoms with Crippen molar-refractivity contribution in [1.82, 2.24) is 0 Å². The number of halogens is 3. The van der Waals surface area contributed by atoms with Gasteiger partial charge in [0.05, 0.1) is 0 Å². The second kappa shape index (κ2) is 7.91. The molecule has 0 saturated carbocycles. The van der Waals surface area contributed by atoms with Crippen LogP contribution in [0.2, 0.25) is 18.1 Å². The minimum atomic E-state index is -5.79. The highest BCUT2D eigenvalue weighted by atomic mass is 32.2. The maximum Gasteiger partial charge on any atom is 0.534 e. The highest BCUT2D eigenvalue weighted by molar-refractivity contribution is 7.88. The summed E-state index contributed by atoms with van der Waals surface area (Å²) < 4.78 is 79.0. The van der Waals surface area contributed by atoms with Crippen molar-refractivity contribution >= 4 is 18.4 Å². The molecule has 1 aliphatic rings. The standard InChI is InChI=1S/C24H31F3O5SSi/c1-14-10-16-17-11-15(2)20(32-34(8,9)22(3,4)5)13-21(17)30-23(6,7)18(16)12-19(14)31-33(28,29)24(25,26)27/h10-13H,1-9H3. The van der Waals surface area contributed by atoms with E-state index in [1.165, 1.54) is 13.0 Å². The molecule has 0 spiro atoms. The lowest BCUT2D eigenvalue weighted by molar-refractivity contribution is -0.0500. The Morgan fingerprint density at radius 1 is 0.912 bits per heavy atom. The molecule has 2 aromatic carbocycles.